The lowest BCUT2D eigenvalue weighted by atomic mass is 9.79. The number of halogens is 4. The fourth-order valence-corrected chi connectivity index (χ4v) is 4.40. The van der Waals surface area contributed by atoms with Crippen molar-refractivity contribution < 1.29 is 36.6 Å². The highest BCUT2D eigenvalue weighted by molar-refractivity contribution is 5.90. The number of amides is 2. The molecule has 0 spiro atoms. The number of nitrogens with one attached hydrogen (secondary N) is 3. The van der Waals surface area contributed by atoms with Crippen molar-refractivity contribution >= 4 is 11.8 Å². The fraction of sp³-hybridized carbons (Fsp3) is 0.481. The number of carbonyl (C=O) groups is 2. The first-order chi connectivity index (χ1) is 17.5. The molecular weight excluding hydrogens is 506 g/mol. The van der Waals surface area contributed by atoms with E-state index in [4.69, 9.17) is 4.74 Å². The van der Waals surface area contributed by atoms with Gasteiger partial charge in [0.05, 0.1) is 31.8 Å². The van der Waals surface area contributed by atoms with Crippen LogP contribution in [0, 0.1) is 11.2 Å². The van der Waals surface area contributed by atoms with Crippen LogP contribution in [0.2, 0.25) is 0 Å². The van der Waals surface area contributed by atoms with Crippen LogP contribution in [0.25, 0.3) is 0 Å². The summed E-state index contributed by atoms with van der Waals surface area (Å²) in [4.78, 5) is 26.0. The Morgan fingerprint density at radius 3 is 2.21 bits per heavy atom. The third-order valence-corrected chi connectivity index (χ3v) is 6.60. The average molecular weight is 540 g/mol. The maximum atomic E-state index is 14.5. The molecule has 38 heavy (non-hydrogen) atoms. The highest BCUT2D eigenvalue weighted by Gasteiger charge is 2.41. The smallest absolute Gasteiger partial charge is 0.497 e. The molecule has 2 unspecified atom stereocenters. The second-order valence-corrected chi connectivity index (χ2v) is 10.9. The zero-order valence-corrected chi connectivity index (χ0v) is 22.1. The molecule has 3 N–H and O–H groups in total. The topological polar surface area (TPSA) is 88.7 Å². The van der Waals surface area contributed by atoms with E-state index < -0.39 is 52.9 Å². The van der Waals surface area contributed by atoms with Gasteiger partial charge < -0.3 is 20.1 Å². The largest absolute Gasteiger partial charge is 0.573 e. The van der Waals surface area contributed by atoms with Crippen molar-refractivity contribution in [2.75, 3.05) is 7.11 Å². The SMILES string of the molecule is COc1ccc(C(C)(C)C2NC(=O)CC(C(=O)N[C@@H](c3ccc(OC(F)(F)F)c(F)c3)C(C)(C)C)N2)cc1. The molecule has 2 amide bonds. The molecule has 1 aliphatic rings. The summed E-state index contributed by atoms with van der Waals surface area (Å²) < 4.78 is 61.0. The van der Waals surface area contributed by atoms with E-state index in [1.807, 2.05) is 38.1 Å². The van der Waals surface area contributed by atoms with Crippen LogP contribution in [0.15, 0.2) is 42.5 Å². The lowest BCUT2D eigenvalue weighted by Crippen LogP contribution is -2.66. The van der Waals surface area contributed by atoms with Gasteiger partial charge in [-0.1, -0.05) is 52.8 Å². The first-order valence-electron chi connectivity index (χ1n) is 12.1. The molecule has 0 bridgehead atoms. The summed E-state index contributed by atoms with van der Waals surface area (Å²) >= 11 is 0. The monoisotopic (exact) mass is 539 g/mol. The van der Waals surface area contributed by atoms with E-state index >= 15 is 0 Å². The summed E-state index contributed by atoms with van der Waals surface area (Å²) in [5.74, 6) is -2.30. The van der Waals surface area contributed by atoms with Gasteiger partial charge in [0.2, 0.25) is 11.8 Å². The Morgan fingerprint density at radius 2 is 1.68 bits per heavy atom. The van der Waals surface area contributed by atoms with E-state index in [0.29, 0.717) is 5.75 Å². The standard InChI is InChI=1S/C27H33F4N3O4/c1-25(2,3)22(15-7-12-20(18(28)13-15)38-27(29,30)31)34-23(36)19-14-21(35)33-24(32-19)26(4,5)16-8-10-17(37-6)11-9-16/h7-13,19,22,24,32H,14H2,1-6H3,(H,33,35)(H,34,36)/t19?,22-,24?/m0/s1. The van der Waals surface area contributed by atoms with Crippen molar-refractivity contribution in [2.45, 2.75) is 71.1 Å². The van der Waals surface area contributed by atoms with E-state index in [1.165, 1.54) is 6.07 Å². The molecule has 3 rings (SSSR count). The van der Waals surface area contributed by atoms with Gasteiger partial charge in [-0.05, 0) is 40.8 Å². The van der Waals surface area contributed by atoms with E-state index in [9.17, 15) is 27.2 Å². The highest BCUT2D eigenvalue weighted by atomic mass is 19.4. The number of hydrogen-bond acceptors (Lipinski definition) is 5. The van der Waals surface area contributed by atoms with Gasteiger partial charge in [0.25, 0.3) is 0 Å². The first-order valence-corrected chi connectivity index (χ1v) is 12.1. The molecule has 0 saturated carbocycles. The molecule has 3 atom stereocenters. The number of ether oxygens (including phenoxy) is 2. The second kappa shape index (κ2) is 10.8. The Morgan fingerprint density at radius 1 is 1.05 bits per heavy atom. The van der Waals surface area contributed by atoms with Crippen LogP contribution in [0.1, 0.15) is 58.2 Å². The maximum Gasteiger partial charge on any atom is 0.573 e. The van der Waals surface area contributed by atoms with Crippen molar-refractivity contribution in [3.05, 3.63) is 59.4 Å². The Kier molecular flexibility index (Phi) is 8.30. The van der Waals surface area contributed by atoms with Crippen LogP contribution in [0.5, 0.6) is 11.5 Å². The maximum absolute atomic E-state index is 14.5. The number of methoxy groups -OCH3 is 1. The summed E-state index contributed by atoms with van der Waals surface area (Å²) in [5, 5.41) is 8.97. The van der Waals surface area contributed by atoms with Gasteiger partial charge in [-0.15, -0.1) is 13.2 Å². The molecule has 1 saturated heterocycles. The second-order valence-electron chi connectivity index (χ2n) is 10.9. The van der Waals surface area contributed by atoms with Gasteiger partial charge in [0.15, 0.2) is 11.6 Å². The molecule has 0 radical (unpaired) electrons. The van der Waals surface area contributed by atoms with E-state index in [0.717, 1.165) is 17.7 Å². The van der Waals surface area contributed by atoms with Gasteiger partial charge >= 0.3 is 6.36 Å². The summed E-state index contributed by atoms with van der Waals surface area (Å²) in [6.45, 7) is 9.25. The van der Waals surface area contributed by atoms with E-state index in [-0.39, 0.29) is 17.9 Å². The van der Waals surface area contributed by atoms with Crippen molar-refractivity contribution in [1.82, 2.24) is 16.0 Å². The summed E-state index contributed by atoms with van der Waals surface area (Å²) in [6, 6.07) is 8.78. The summed E-state index contributed by atoms with van der Waals surface area (Å²) in [5.41, 5.74) is -0.0933. The van der Waals surface area contributed by atoms with Crippen molar-refractivity contribution in [3.63, 3.8) is 0 Å². The van der Waals surface area contributed by atoms with E-state index in [2.05, 4.69) is 20.7 Å². The predicted molar refractivity (Wildman–Crippen MR) is 133 cm³/mol. The Bertz CT molecular complexity index is 1160. The van der Waals surface area contributed by atoms with Gasteiger partial charge in [0.1, 0.15) is 5.75 Å². The van der Waals surface area contributed by atoms with Gasteiger partial charge in [-0.2, -0.15) is 0 Å². The molecule has 208 valence electrons. The summed E-state index contributed by atoms with van der Waals surface area (Å²) in [6.07, 6.45) is -5.74. The highest BCUT2D eigenvalue weighted by Crippen LogP contribution is 2.36. The molecule has 0 aromatic heterocycles. The number of hydrogen-bond donors (Lipinski definition) is 3. The molecule has 2 aromatic rings. The Labute approximate surface area is 219 Å². The normalized spacial score (nSPS) is 19.4. The molecule has 1 fully saturated rings. The predicted octanol–water partition coefficient (Wildman–Crippen LogP) is 4.72. The van der Waals surface area contributed by atoms with Crippen LogP contribution in [-0.4, -0.2) is 37.5 Å². The number of benzene rings is 2. The molecule has 11 heteroatoms. The molecule has 0 aliphatic carbocycles. The quantitative estimate of drug-likeness (QED) is 0.444. The number of rotatable bonds is 7. The first kappa shape index (κ1) is 29.2. The van der Waals surface area contributed by atoms with Crippen LogP contribution in [0.4, 0.5) is 17.6 Å². The minimum Gasteiger partial charge on any atom is -0.497 e. The van der Waals surface area contributed by atoms with Crippen LogP contribution < -0.4 is 25.4 Å². The zero-order valence-electron chi connectivity index (χ0n) is 22.1. The third kappa shape index (κ3) is 6.94. The van der Waals surface area contributed by atoms with E-state index in [1.54, 1.807) is 27.9 Å². The van der Waals surface area contributed by atoms with Crippen LogP contribution in [-0.2, 0) is 15.0 Å². The zero-order chi connectivity index (χ0) is 28.5. The fourth-order valence-electron chi connectivity index (χ4n) is 4.40. The number of carbonyl (C=O) groups excluding carboxylic acids is 2. The molecule has 2 aromatic carbocycles. The summed E-state index contributed by atoms with van der Waals surface area (Å²) in [7, 11) is 1.57. The molecule has 1 heterocycles. The minimum absolute atomic E-state index is 0.120. The Balaban J connectivity index is 1.81. The molecule has 7 nitrogen and oxygen atoms in total. The van der Waals surface area contributed by atoms with Gasteiger partial charge in [-0.3, -0.25) is 14.9 Å². The lowest BCUT2D eigenvalue weighted by Gasteiger charge is -2.42. The molecule has 1 aliphatic heterocycles. The minimum atomic E-state index is -5.04. The lowest BCUT2D eigenvalue weighted by molar-refractivity contribution is -0.275. The van der Waals surface area contributed by atoms with Crippen molar-refractivity contribution in [1.29, 1.82) is 0 Å². The van der Waals surface area contributed by atoms with Crippen molar-refractivity contribution in [2.24, 2.45) is 5.41 Å². The van der Waals surface area contributed by atoms with Gasteiger partial charge in [-0.25, -0.2) is 4.39 Å². The molecular formula is C27H33F4N3O4. The third-order valence-electron chi connectivity index (χ3n) is 6.60. The van der Waals surface area contributed by atoms with Crippen LogP contribution >= 0.6 is 0 Å². The Hall–Kier alpha value is -3.34. The van der Waals surface area contributed by atoms with Crippen molar-refractivity contribution in [3.8, 4) is 11.5 Å². The van der Waals surface area contributed by atoms with Gasteiger partial charge in [0, 0.05) is 5.41 Å². The average Bonchev–Trinajstić information content (AvgIpc) is 2.82. The number of alkyl halides is 3. The van der Waals surface area contributed by atoms with Crippen LogP contribution in [0.3, 0.4) is 0 Å².